The summed E-state index contributed by atoms with van der Waals surface area (Å²) in [6, 6.07) is 7.37. The highest BCUT2D eigenvalue weighted by Crippen LogP contribution is 2.30. The lowest BCUT2D eigenvalue weighted by Crippen LogP contribution is -2.34. The average Bonchev–Trinajstić information content (AvgIpc) is 2.55. The summed E-state index contributed by atoms with van der Waals surface area (Å²) in [4.78, 5) is 11.3. The van der Waals surface area contributed by atoms with Crippen molar-refractivity contribution < 1.29 is 8.42 Å². The molecule has 0 bridgehead atoms. The molecular formula is C17H21N3O2S. The molecule has 1 aliphatic rings. The van der Waals surface area contributed by atoms with Gasteiger partial charge in [0.15, 0.2) is 9.84 Å². The summed E-state index contributed by atoms with van der Waals surface area (Å²) in [5.41, 5.74) is 1.89. The number of pyridine rings is 2. The number of nitrogens with zero attached hydrogens (tertiary/aromatic N) is 3. The molecule has 3 heterocycles. The third-order valence-electron chi connectivity index (χ3n) is 4.22. The van der Waals surface area contributed by atoms with E-state index in [1.165, 1.54) is 11.8 Å². The van der Waals surface area contributed by atoms with Crippen molar-refractivity contribution in [1.82, 2.24) is 14.9 Å². The average molecular weight is 331 g/mol. The molecule has 0 N–H and O–H groups in total. The van der Waals surface area contributed by atoms with Crippen LogP contribution in [0.3, 0.4) is 0 Å². The normalized spacial score (nSPS) is 19.6. The van der Waals surface area contributed by atoms with Gasteiger partial charge in [-0.15, -0.1) is 0 Å². The standard InChI is InChI=1S/C17H21N3O2S/c1-23(21,22)16-7-3-9-19-17(16)15-6-4-10-20(13-15)12-14-5-2-8-18-11-14/h2-3,5,7-9,11,15H,4,6,10,12-13H2,1H3. The third-order valence-corrected chi connectivity index (χ3v) is 5.36. The van der Waals surface area contributed by atoms with Crippen molar-refractivity contribution in [2.45, 2.75) is 30.2 Å². The molecule has 0 saturated carbocycles. The highest BCUT2D eigenvalue weighted by molar-refractivity contribution is 7.90. The lowest BCUT2D eigenvalue weighted by Gasteiger charge is -2.33. The fraction of sp³-hybridized carbons (Fsp3) is 0.412. The molecule has 6 heteroatoms. The zero-order chi connectivity index (χ0) is 16.3. The first kappa shape index (κ1) is 16.1. The Bertz CT molecular complexity index is 762. The van der Waals surface area contributed by atoms with Crippen LogP contribution < -0.4 is 0 Å². The Morgan fingerprint density at radius 1 is 1.26 bits per heavy atom. The van der Waals surface area contributed by atoms with Crippen LogP contribution in [0.1, 0.15) is 30.0 Å². The Hall–Kier alpha value is -1.79. The molecule has 2 aromatic rings. The van der Waals surface area contributed by atoms with Crippen molar-refractivity contribution in [3.8, 4) is 0 Å². The van der Waals surface area contributed by atoms with Crippen LogP contribution in [-0.4, -0.2) is 42.6 Å². The molecule has 122 valence electrons. The van der Waals surface area contributed by atoms with E-state index >= 15 is 0 Å². The van der Waals surface area contributed by atoms with Crippen molar-refractivity contribution in [3.05, 3.63) is 54.1 Å². The second kappa shape index (κ2) is 6.76. The maximum absolute atomic E-state index is 12.0. The maximum Gasteiger partial charge on any atom is 0.177 e. The van der Waals surface area contributed by atoms with E-state index in [2.05, 4.69) is 20.9 Å². The molecule has 23 heavy (non-hydrogen) atoms. The van der Waals surface area contributed by atoms with E-state index in [1.807, 2.05) is 12.3 Å². The highest BCUT2D eigenvalue weighted by atomic mass is 32.2. The van der Waals surface area contributed by atoms with Gasteiger partial charge in [0.1, 0.15) is 0 Å². The van der Waals surface area contributed by atoms with Crippen molar-refractivity contribution in [1.29, 1.82) is 0 Å². The SMILES string of the molecule is CS(=O)(=O)c1cccnc1C1CCCN(Cc2cccnc2)C1. The molecule has 1 atom stereocenters. The molecule has 1 fully saturated rings. The predicted octanol–water partition coefficient (Wildman–Crippen LogP) is 2.26. The van der Waals surface area contributed by atoms with Gasteiger partial charge >= 0.3 is 0 Å². The third kappa shape index (κ3) is 3.95. The number of hydrogen-bond donors (Lipinski definition) is 0. The van der Waals surface area contributed by atoms with Gasteiger partial charge < -0.3 is 0 Å². The van der Waals surface area contributed by atoms with Crippen molar-refractivity contribution in [2.24, 2.45) is 0 Å². The fourth-order valence-electron chi connectivity index (χ4n) is 3.20. The second-order valence-corrected chi connectivity index (χ2v) is 8.08. The van der Waals surface area contributed by atoms with Gasteiger partial charge in [0, 0.05) is 43.9 Å². The summed E-state index contributed by atoms with van der Waals surface area (Å²) in [7, 11) is -3.25. The first-order valence-electron chi connectivity index (χ1n) is 7.80. The fourth-order valence-corrected chi connectivity index (χ4v) is 4.12. The van der Waals surface area contributed by atoms with Crippen LogP contribution in [0.25, 0.3) is 0 Å². The summed E-state index contributed by atoms with van der Waals surface area (Å²) in [6.07, 6.45) is 8.61. The van der Waals surface area contributed by atoms with Crippen LogP contribution in [0.5, 0.6) is 0 Å². The first-order chi connectivity index (χ1) is 11.0. The lowest BCUT2D eigenvalue weighted by molar-refractivity contribution is 0.197. The molecule has 0 amide bonds. The Labute approximate surface area is 137 Å². The zero-order valence-corrected chi connectivity index (χ0v) is 14.0. The van der Waals surface area contributed by atoms with Gasteiger partial charge in [-0.25, -0.2) is 8.42 Å². The molecule has 1 unspecified atom stereocenters. The highest BCUT2D eigenvalue weighted by Gasteiger charge is 2.27. The van der Waals surface area contributed by atoms with Gasteiger partial charge in [-0.2, -0.15) is 0 Å². The number of sulfone groups is 1. The molecule has 1 saturated heterocycles. The zero-order valence-electron chi connectivity index (χ0n) is 13.2. The van der Waals surface area contributed by atoms with E-state index in [4.69, 9.17) is 0 Å². The van der Waals surface area contributed by atoms with Crippen LogP contribution in [0.15, 0.2) is 47.8 Å². The maximum atomic E-state index is 12.0. The molecule has 0 radical (unpaired) electrons. The topological polar surface area (TPSA) is 63.2 Å². The molecule has 2 aromatic heterocycles. The minimum Gasteiger partial charge on any atom is -0.298 e. The smallest absolute Gasteiger partial charge is 0.177 e. The quantitative estimate of drug-likeness (QED) is 0.860. The van der Waals surface area contributed by atoms with Gasteiger partial charge in [-0.05, 0) is 43.1 Å². The Balaban J connectivity index is 1.79. The summed E-state index contributed by atoms with van der Waals surface area (Å²) in [6.45, 7) is 2.69. The monoisotopic (exact) mass is 331 g/mol. The van der Waals surface area contributed by atoms with E-state index in [9.17, 15) is 8.42 Å². The lowest BCUT2D eigenvalue weighted by atomic mass is 9.94. The van der Waals surface area contributed by atoms with Gasteiger partial charge in [-0.3, -0.25) is 14.9 Å². The van der Waals surface area contributed by atoms with Crippen molar-refractivity contribution in [2.75, 3.05) is 19.3 Å². The van der Waals surface area contributed by atoms with E-state index in [1.54, 1.807) is 24.5 Å². The molecule has 0 spiro atoms. The summed E-state index contributed by atoms with van der Waals surface area (Å²) < 4.78 is 24.0. The Morgan fingerprint density at radius 2 is 2.09 bits per heavy atom. The predicted molar refractivity (Wildman–Crippen MR) is 88.8 cm³/mol. The van der Waals surface area contributed by atoms with E-state index in [0.717, 1.165) is 32.5 Å². The summed E-state index contributed by atoms with van der Waals surface area (Å²) in [5.74, 6) is 0.159. The Kier molecular flexibility index (Phi) is 4.73. The molecular weight excluding hydrogens is 310 g/mol. The first-order valence-corrected chi connectivity index (χ1v) is 9.69. The molecule has 3 rings (SSSR count). The largest absolute Gasteiger partial charge is 0.298 e. The van der Waals surface area contributed by atoms with Gasteiger partial charge in [0.25, 0.3) is 0 Å². The van der Waals surface area contributed by atoms with Crippen molar-refractivity contribution in [3.63, 3.8) is 0 Å². The number of likely N-dealkylation sites (tertiary alicyclic amines) is 1. The van der Waals surface area contributed by atoms with Crippen LogP contribution in [0, 0.1) is 0 Å². The minimum atomic E-state index is -3.25. The van der Waals surface area contributed by atoms with Gasteiger partial charge in [0.2, 0.25) is 0 Å². The second-order valence-electron chi connectivity index (χ2n) is 6.09. The number of aromatic nitrogens is 2. The summed E-state index contributed by atoms with van der Waals surface area (Å²) in [5, 5.41) is 0. The van der Waals surface area contributed by atoms with Crippen molar-refractivity contribution >= 4 is 9.84 Å². The Morgan fingerprint density at radius 3 is 2.83 bits per heavy atom. The van der Waals surface area contributed by atoms with E-state index < -0.39 is 9.84 Å². The van der Waals surface area contributed by atoms with Gasteiger partial charge in [0.05, 0.1) is 10.6 Å². The molecule has 1 aliphatic heterocycles. The van der Waals surface area contributed by atoms with Crippen LogP contribution in [0.2, 0.25) is 0 Å². The van der Waals surface area contributed by atoms with E-state index in [0.29, 0.717) is 10.6 Å². The van der Waals surface area contributed by atoms with Crippen LogP contribution in [-0.2, 0) is 16.4 Å². The number of hydrogen-bond acceptors (Lipinski definition) is 5. The molecule has 0 aliphatic carbocycles. The van der Waals surface area contributed by atoms with Crippen LogP contribution >= 0.6 is 0 Å². The van der Waals surface area contributed by atoms with Gasteiger partial charge in [-0.1, -0.05) is 6.07 Å². The van der Waals surface area contributed by atoms with E-state index in [-0.39, 0.29) is 5.92 Å². The molecule has 0 aromatic carbocycles. The number of piperidine rings is 1. The molecule has 5 nitrogen and oxygen atoms in total. The minimum absolute atomic E-state index is 0.159. The number of rotatable bonds is 4. The summed E-state index contributed by atoms with van der Waals surface area (Å²) >= 11 is 0. The van der Waals surface area contributed by atoms with Crippen LogP contribution in [0.4, 0.5) is 0 Å².